The van der Waals surface area contributed by atoms with Gasteiger partial charge in [-0.05, 0) is 43.5 Å². The lowest BCUT2D eigenvalue weighted by molar-refractivity contribution is 0.185. The molecule has 2 nitrogen and oxygen atoms in total. The number of benzene rings is 1. The van der Waals surface area contributed by atoms with E-state index in [2.05, 4.69) is 6.07 Å². The maximum atomic E-state index is 9.17. The molecule has 0 saturated carbocycles. The van der Waals surface area contributed by atoms with Crippen LogP contribution in [0.4, 0.5) is 0 Å². The summed E-state index contributed by atoms with van der Waals surface area (Å²) in [5, 5.41) is 10.3. The van der Waals surface area contributed by atoms with Crippen LogP contribution in [0.15, 0.2) is 34.9 Å². The first kappa shape index (κ1) is 9.28. The van der Waals surface area contributed by atoms with Gasteiger partial charge in [0, 0.05) is 5.39 Å². The Morgan fingerprint density at radius 2 is 2.21 bits per heavy atom. The van der Waals surface area contributed by atoms with Crippen LogP contribution in [-0.4, -0.2) is 11.2 Å². The fraction of sp³-hybridized carbons (Fsp3) is 0.333. The first-order chi connectivity index (χ1) is 6.75. The first-order valence-electron chi connectivity index (χ1n) is 4.90. The van der Waals surface area contributed by atoms with Gasteiger partial charge in [-0.1, -0.05) is 6.07 Å². The van der Waals surface area contributed by atoms with Gasteiger partial charge in [0.15, 0.2) is 0 Å². The number of aliphatic hydroxyl groups is 1. The molecule has 1 heterocycles. The van der Waals surface area contributed by atoms with Crippen LogP contribution in [0, 0.1) is 0 Å². The largest absolute Gasteiger partial charge is 0.464 e. The van der Waals surface area contributed by atoms with E-state index in [1.165, 1.54) is 5.56 Å². The second-order valence-corrected chi connectivity index (χ2v) is 3.68. The highest BCUT2D eigenvalue weighted by Gasteiger charge is 2.00. The lowest BCUT2D eigenvalue weighted by atomic mass is 10.1. The Morgan fingerprint density at radius 3 is 3.00 bits per heavy atom. The SMILES string of the molecule is CC(O)CCc1ccc2occc2c1. The van der Waals surface area contributed by atoms with E-state index >= 15 is 0 Å². The van der Waals surface area contributed by atoms with Gasteiger partial charge >= 0.3 is 0 Å². The summed E-state index contributed by atoms with van der Waals surface area (Å²) in [5.41, 5.74) is 2.17. The Labute approximate surface area is 83.2 Å². The van der Waals surface area contributed by atoms with Crippen LogP contribution in [0.2, 0.25) is 0 Å². The van der Waals surface area contributed by atoms with Gasteiger partial charge in [-0.2, -0.15) is 0 Å². The summed E-state index contributed by atoms with van der Waals surface area (Å²) in [6.07, 6.45) is 3.20. The second-order valence-electron chi connectivity index (χ2n) is 3.68. The molecule has 0 bridgehead atoms. The summed E-state index contributed by atoms with van der Waals surface area (Å²) in [7, 11) is 0. The van der Waals surface area contributed by atoms with E-state index in [0.29, 0.717) is 0 Å². The summed E-state index contributed by atoms with van der Waals surface area (Å²) in [4.78, 5) is 0. The van der Waals surface area contributed by atoms with E-state index in [1.807, 2.05) is 25.1 Å². The zero-order valence-corrected chi connectivity index (χ0v) is 8.23. The molecule has 2 heteroatoms. The van der Waals surface area contributed by atoms with Crippen molar-refractivity contribution in [2.24, 2.45) is 0 Å². The first-order valence-corrected chi connectivity index (χ1v) is 4.90. The molecule has 1 aromatic heterocycles. The smallest absolute Gasteiger partial charge is 0.133 e. The van der Waals surface area contributed by atoms with Crippen LogP contribution < -0.4 is 0 Å². The fourth-order valence-electron chi connectivity index (χ4n) is 1.55. The molecule has 1 N–H and O–H groups in total. The molecule has 1 aromatic carbocycles. The lowest BCUT2D eigenvalue weighted by Crippen LogP contribution is -2.01. The molecule has 2 rings (SSSR count). The molecular formula is C12H14O2. The molecule has 0 spiro atoms. The van der Waals surface area contributed by atoms with E-state index < -0.39 is 0 Å². The van der Waals surface area contributed by atoms with Crippen LogP contribution in [0.5, 0.6) is 0 Å². The summed E-state index contributed by atoms with van der Waals surface area (Å²) in [6, 6.07) is 8.10. The number of hydrogen-bond acceptors (Lipinski definition) is 2. The molecule has 14 heavy (non-hydrogen) atoms. The van der Waals surface area contributed by atoms with E-state index in [4.69, 9.17) is 9.52 Å². The molecule has 1 atom stereocenters. The highest BCUT2D eigenvalue weighted by molar-refractivity contribution is 5.77. The van der Waals surface area contributed by atoms with Gasteiger partial charge in [-0.15, -0.1) is 0 Å². The van der Waals surface area contributed by atoms with E-state index in [0.717, 1.165) is 23.8 Å². The number of aryl methyl sites for hydroxylation is 1. The van der Waals surface area contributed by atoms with Crippen molar-refractivity contribution in [2.75, 3.05) is 0 Å². The molecule has 74 valence electrons. The minimum atomic E-state index is -0.227. The normalized spacial score (nSPS) is 13.3. The van der Waals surface area contributed by atoms with Gasteiger partial charge in [0.05, 0.1) is 12.4 Å². The monoisotopic (exact) mass is 190 g/mol. The zero-order chi connectivity index (χ0) is 9.97. The average Bonchev–Trinajstić information content (AvgIpc) is 2.61. The molecule has 0 aliphatic heterocycles. The Morgan fingerprint density at radius 1 is 1.36 bits per heavy atom. The minimum absolute atomic E-state index is 0.227. The Balaban J connectivity index is 2.17. The lowest BCUT2D eigenvalue weighted by Gasteiger charge is -2.03. The van der Waals surface area contributed by atoms with E-state index in [-0.39, 0.29) is 6.10 Å². The highest BCUT2D eigenvalue weighted by atomic mass is 16.3. The molecule has 0 saturated heterocycles. The van der Waals surface area contributed by atoms with Gasteiger partial charge in [0.2, 0.25) is 0 Å². The van der Waals surface area contributed by atoms with Gasteiger partial charge in [0.25, 0.3) is 0 Å². The van der Waals surface area contributed by atoms with Crippen LogP contribution in [0.1, 0.15) is 18.9 Å². The van der Waals surface area contributed by atoms with Crippen LogP contribution in [0.25, 0.3) is 11.0 Å². The van der Waals surface area contributed by atoms with Gasteiger partial charge in [-0.25, -0.2) is 0 Å². The summed E-state index contributed by atoms with van der Waals surface area (Å²) < 4.78 is 5.25. The van der Waals surface area contributed by atoms with Crippen molar-refractivity contribution in [3.8, 4) is 0 Å². The third kappa shape index (κ3) is 1.96. The second kappa shape index (κ2) is 3.84. The predicted molar refractivity (Wildman–Crippen MR) is 56.2 cm³/mol. The molecule has 0 amide bonds. The quantitative estimate of drug-likeness (QED) is 0.807. The van der Waals surface area contributed by atoms with Crippen molar-refractivity contribution in [3.63, 3.8) is 0 Å². The van der Waals surface area contributed by atoms with Crippen LogP contribution in [0.3, 0.4) is 0 Å². The Bertz CT molecular complexity index is 415. The topological polar surface area (TPSA) is 33.4 Å². The minimum Gasteiger partial charge on any atom is -0.464 e. The fourth-order valence-corrected chi connectivity index (χ4v) is 1.55. The van der Waals surface area contributed by atoms with Crippen LogP contribution >= 0.6 is 0 Å². The van der Waals surface area contributed by atoms with Crippen molar-refractivity contribution in [2.45, 2.75) is 25.9 Å². The summed E-state index contributed by atoms with van der Waals surface area (Å²) in [5.74, 6) is 0. The summed E-state index contributed by atoms with van der Waals surface area (Å²) >= 11 is 0. The zero-order valence-electron chi connectivity index (χ0n) is 8.23. The molecule has 0 radical (unpaired) electrons. The molecule has 2 aromatic rings. The summed E-state index contributed by atoms with van der Waals surface area (Å²) in [6.45, 7) is 1.82. The third-order valence-electron chi connectivity index (χ3n) is 2.37. The number of furan rings is 1. The molecule has 0 fully saturated rings. The maximum Gasteiger partial charge on any atom is 0.133 e. The molecule has 1 unspecified atom stereocenters. The number of fused-ring (bicyclic) bond motifs is 1. The standard InChI is InChI=1S/C12H14O2/c1-9(13)2-3-10-4-5-12-11(8-10)6-7-14-12/h4-9,13H,2-3H2,1H3. The van der Waals surface area contributed by atoms with E-state index in [9.17, 15) is 0 Å². The van der Waals surface area contributed by atoms with Gasteiger partial charge in [-0.3, -0.25) is 0 Å². The van der Waals surface area contributed by atoms with E-state index in [1.54, 1.807) is 6.26 Å². The Kier molecular flexibility index (Phi) is 2.55. The van der Waals surface area contributed by atoms with Crippen molar-refractivity contribution in [1.29, 1.82) is 0 Å². The number of rotatable bonds is 3. The molecule has 0 aliphatic rings. The van der Waals surface area contributed by atoms with Crippen molar-refractivity contribution in [3.05, 3.63) is 36.1 Å². The average molecular weight is 190 g/mol. The van der Waals surface area contributed by atoms with Crippen molar-refractivity contribution in [1.82, 2.24) is 0 Å². The number of hydrogen-bond donors (Lipinski definition) is 1. The highest BCUT2D eigenvalue weighted by Crippen LogP contribution is 2.18. The van der Waals surface area contributed by atoms with Crippen molar-refractivity contribution < 1.29 is 9.52 Å². The number of aliphatic hydroxyl groups excluding tert-OH is 1. The van der Waals surface area contributed by atoms with Gasteiger partial charge in [0.1, 0.15) is 5.58 Å². The molecular weight excluding hydrogens is 176 g/mol. The predicted octanol–water partition coefficient (Wildman–Crippen LogP) is 2.75. The van der Waals surface area contributed by atoms with Crippen LogP contribution in [-0.2, 0) is 6.42 Å². The maximum absolute atomic E-state index is 9.17. The third-order valence-corrected chi connectivity index (χ3v) is 2.37. The Hall–Kier alpha value is -1.28. The van der Waals surface area contributed by atoms with Gasteiger partial charge < -0.3 is 9.52 Å². The molecule has 0 aliphatic carbocycles. The van der Waals surface area contributed by atoms with Crippen molar-refractivity contribution >= 4 is 11.0 Å².